The maximum atomic E-state index is 12.3. The Morgan fingerprint density at radius 1 is 1.48 bits per heavy atom. The molecule has 0 fully saturated rings. The molecule has 114 valence electrons. The predicted molar refractivity (Wildman–Crippen MR) is 79.1 cm³/mol. The van der Waals surface area contributed by atoms with Crippen LogP contribution >= 0.6 is 11.6 Å². The van der Waals surface area contributed by atoms with Crippen molar-refractivity contribution >= 4 is 21.6 Å². The van der Waals surface area contributed by atoms with Crippen molar-refractivity contribution in [2.24, 2.45) is 12.8 Å². The van der Waals surface area contributed by atoms with Gasteiger partial charge in [-0.25, -0.2) is 13.1 Å². The molecule has 2 rings (SSSR count). The molecule has 9 heteroatoms. The average Bonchev–Trinajstić information content (AvgIpc) is 2.84. The Kier molecular flexibility index (Phi) is 4.62. The number of hydrogen-bond donors (Lipinski definition) is 2. The molecule has 0 saturated heterocycles. The number of halogens is 1. The molecule has 0 radical (unpaired) electrons. The first kappa shape index (κ1) is 15.9. The number of nitrogens with one attached hydrogen (secondary N) is 1. The lowest BCUT2D eigenvalue weighted by Gasteiger charge is -2.14. The van der Waals surface area contributed by atoms with E-state index in [2.05, 4.69) is 14.9 Å². The maximum absolute atomic E-state index is 12.3. The summed E-state index contributed by atoms with van der Waals surface area (Å²) < 4.78 is 28.9. The number of hydrogen-bond acceptors (Lipinski definition) is 5. The molecule has 2 aromatic rings. The Bertz CT molecular complexity index is 744. The summed E-state index contributed by atoms with van der Waals surface area (Å²) in [4.78, 5) is 0.0821. The third kappa shape index (κ3) is 3.41. The second-order valence-corrected chi connectivity index (χ2v) is 6.72. The summed E-state index contributed by atoms with van der Waals surface area (Å²) in [5.41, 5.74) is 6.20. The van der Waals surface area contributed by atoms with Gasteiger partial charge in [0.15, 0.2) is 0 Å². The number of aromatic nitrogens is 3. The van der Waals surface area contributed by atoms with Gasteiger partial charge in [0.25, 0.3) is 0 Å². The van der Waals surface area contributed by atoms with E-state index < -0.39 is 16.1 Å². The second-order valence-electron chi connectivity index (χ2n) is 4.60. The number of benzene rings is 1. The van der Waals surface area contributed by atoms with Gasteiger partial charge in [-0.05, 0) is 24.6 Å². The zero-order chi connectivity index (χ0) is 15.6. The first-order chi connectivity index (χ1) is 9.85. The molecule has 0 spiro atoms. The van der Waals surface area contributed by atoms with Crippen molar-refractivity contribution in [3.05, 3.63) is 40.9 Å². The quantitative estimate of drug-likeness (QED) is 0.850. The first-order valence-corrected chi connectivity index (χ1v) is 8.06. The fraction of sp³-hybridized carbons (Fsp3) is 0.333. The molecule has 3 N–H and O–H groups in total. The van der Waals surface area contributed by atoms with Crippen molar-refractivity contribution in [2.45, 2.75) is 24.4 Å². The van der Waals surface area contributed by atoms with Gasteiger partial charge in [-0.1, -0.05) is 17.7 Å². The third-order valence-corrected chi connectivity index (χ3v) is 4.91. The van der Waals surface area contributed by atoms with E-state index in [1.54, 1.807) is 24.6 Å². The lowest BCUT2D eigenvalue weighted by atomic mass is 10.2. The number of nitrogens with two attached hydrogens (primary N) is 1. The van der Waals surface area contributed by atoms with Crippen LogP contribution in [0.3, 0.4) is 0 Å². The Morgan fingerprint density at radius 3 is 2.71 bits per heavy atom. The van der Waals surface area contributed by atoms with Crippen LogP contribution in [0.25, 0.3) is 0 Å². The van der Waals surface area contributed by atoms with E-state index >= 15 is 0 Å². The van der Waals surface area contributed by atoms with Crippen molar-refractivity contribution in [1.82, 2.24) is 19.5 Å². The number of aryl methyl sites for hydroxylation is 1. The molecule has 0 amide bonds. The Balaban J connectivity index is 2.26. The summed E-state index contributed by atoms with van der Waals surface area (Å²) in [6, 6.07) is 3.94. The zero-order valence-electron chi connectivity index (χ0n) is 11.6. The topological polar surface area (TPSA) is 103 Å². The number of sulfonamides is 1. The molecular weight excluding hydrogens is 314 g/mol. The van der Waals surface area contributed by atoms with Crippen LogP contribution < -0.4 is 10.5 Å². The Morgan fingerprint density at radius 2 is 2.19 bits per heavy atom. The minimum atomic E-state index is -3.71. The van der Waals surface area contributed by atoms with Gasteiger partial charge in [0.2, 0.25) is 10.0 Å². The molecule has 0 bridgehead atoms. The lowest BCUT2D eigenvalue weighted by Crippen LogP contribution is -2.28. The fourth-order valence-electron chi connectivity index (χ4n) is 1.90. The van der Waals surface area contributed by atoms with Gasteiger partial charge in [-0.15, -0.1) is 10.2 Å². The smallest absolute Gasteiger partial charge is 0.241 e. The fourth-order valence-corrected chi connectivity index (χ4v) is 3.45. The van der Waals surface area contributed by atoms with E-state index in [4.69, 9.17) is 17.3 Å². The highest BCUT2D eigenvalue weighted by molar-refractivity contribution is 7.89. The summed E-state index contributed by atoms with van der Waals surface area (Å²) in [5, 5.41) is 7.93. The van der Waals surface area contributed by atoms with Crippen LogP contribution in [0.5, 0.6) is 0 Å². The summed E-state index contributed by atoms with van der Waals surface area (Å²) in [6.07, 6.45) is 1.51. The van der Waals surface area contributed by atoms with Crippen LogP contribution in [0.1, 0.15) is 24.4 Å². The van der Waals surface area contributed by atoms with E-state index in [9.17, 15) is 8.42 Å². The minimum Gasteiger partial charge on any atom is -0.326 e. The Labute approximate surface area is 128 Å². The van der Waals surface area contributed by atoms with Crippen molar-refractivity contribution in [2.75, 3.05) is 0 Å². The van der Waals surface area contributed by atoms with Gasteiger partial charge < -0.3 is 10.3 Å². The second kappa shape index (κ2) is 6.10. The van der Waals surface area contributed by atoms with Gasteiger partial charge in [0.05, 0.1) is 10.9 Å². The molecule has 0 aliphatic carbocycles. The van der Waals surface area contributed by atoms with E-state index in [-0.39, 0.29) is 11.4 Å². The number of rotatable bonds is 5. The molecule has 1 unspecified atom stereocenters. The lowest BCUT2D eigenvalue weighted by molar-refractivity contribution is 0.553. The predicted octanol–water partition coefficient (Wildman–Crippen LogP) is 0.967. The van der Waals surface area contributed by atoms with E-state index in [1.165, 1.54) is 18.5 Å². The molecule has 1 heterocycles. The van der Waals surface area contributed by atoms with Crippen molar-refractivity contribution in [3.63, 3.8) is 0 Å². The Hall–Kier alpha value is -1.48. The molecule has 0 aliphatic rings. The SMILES string of the molecule is CC(NS(=O)(=O)c1ccc(CN)c(Cl)c1)c1nncn1C. The van der Waals surface area contributed by atoms with Gasteiger partial charge in [0.1, 0.15) is 12.2 Å². The summed E-state index contributed by atoms with van der Waals surface area (Å²) in [7, 11) is -1.96. The highest BCUT2D eigenvalue weighted by atomic mass is 35.5. The molecule has 0 saturated carbocycles. The zero-order valence-corrected chi connectivity index (χ0v) is 13.2. The summed E-state index contributed by atoms with van der Waals surface area (Å²) in [6.45, 7) is 1.94. The minimum absolute atomic E-state index is 0.0821. The number of nitrogens with zero attached hydrogens (tertiary/aromatic N) is 3. The molecule has 7 nitrogen and oxygen atoms in total. The molecule has 0 aliphatic heterocycles. The monoisotopic (exact) mass is 329 g/mol. The molecule has 1 aromatic heterocycles. The van der Waals surface area contributed by atoms with Gasteiger partial charge in [0, 0.05) is 18.6 Å². The standard InChI is InChI=1S/C12H16ClN5O2S/c1-8(12-16-15-7-18(12)2)17-21(19,20)10-4-3-9(6-14)11(13)5-10/h3-5,7-8,17H,6,14H2,1-2H3. The van der Waals surface area contributed by atoms with Crippen LogP contribution in [0.15, 0.2) is 29.4 Å². The first-order valence-electron chi connectivity index (χ1n) is 6.20. The average molecular weight is 330 g/mol. The molecule has 1 aromatic carbocycles. The van der Waals surface area contributed by atoms with Crippen LogP contribution in [-0.4, -0.2) is 23.2 Å². The van der Waals surface area contributed by atoms with Gasteiger partial charge >= 0.3 is 0 Å². The molecule has 21 heavy (non-hydrogen) atoms. The van der Waals surface area contributed by atoms with Crippen molar-refractivity contribution in [1.29, 1.82) is 0 Å². The van der Waals surface area contributed by atoms with Crippen molar-refractivity contribution < 1.29 is 8.42 Å². The van der Waals surface area contributed by atoms with E-state index in [0.717, 1.165) is 0 Å². The van der Waals surface area contributed by atoms with Gasteiger partial charge in [-0.2, -0.15) is 0 Å². The summed E-state index contributed by atoms with van der Waals surface area (Å²) >= 11 is 6.00. The highest BCUT2D eigenvalue weighted by Gasteiger charge is 2.21. The normalized spacial score (nSPS) is 13.3. The maximum Gasteiger partial charge on any atom is 0.241 e. The molecule has 1 atom stereocenters. The van der Waals surface area contributed by atoms with E-state index in [0.29, 0.717) is 16.4 Å². The van der Waals surface area contributed by atoms with Crippen LogP contribution in [0.4, 0.5) is 0 Å². The summed E-state index contributed by atoms with van der Waals surface area (Å²) in [5.74, 6) is 0.517. The highest BCUT2D eigenvalue weighted by Crippen LogP contribution is 2.22. The van der Waals surface area contributed by atoms with E-state index in [1.807, 2.05) is 0 Å². The molecular formula is C12H16ClN5O2S. The third-order valence-electron chi connectivity index (χ3n) is 3.02. The largest absolute Gasteiger partial charge is 0.326 e. The van der Waals surface area contributed by atoms with Gasteiger partial charge in [-0.3, -0.25) is 0 Å². The van der Waals surface area contributed by atoms with Crippen LogP contribution in [-0.2, 0) is 23.6 Å². The van der Waals surface area contributed by atoms with Crippen LogP contribution in [0, 0.1) is 0 Å². The van der Waals surface area contributed by atoms with Crippen molar-refractivity contribution in [3.8, 4) is 0 Å². The van der Waals surface area contributed by atoms with Crippen LogP contribution in [0.2, 0.25) is 5.02 Å².